The number of nitriles is 1. The van der Waals surface area contributed by atoms with E-state index in [0.29, 0.717) is 27.9 Å². The van der Waals surface area contributed by atoms with Gasteiger partial charge in [-0.2, -0.15) is 18.4 Å². The number of nitrogens with zero attached hydrogens (tertiary/aromatic N) is 3. The molecule has 0 saturated heterocycles. The number of aromatic nitrogens is 1. The maximum atomic E-state index is 15.3. The number of halogens is 4. The largest absolute Gasteiger partial charge is 0.408 e. The summed E-state index contributed by atoms with van der Waals surface area (Å²) in [5, 5.41) is 10.4. The molecule has 2 heterocycles. The molecule has 4 rings (SSSR count). The average Bonchev–Trinajstić information content (AvgIpc) is 3.35. The Labute approximate surface area is 172 Å². The molecule has 1 aliphatic carbocycles. The van der Waals surface area contributed by atoms with Crippen molar-refractivity contribution < 1.29 is 17.6 Å². The van der Waals surface area contributed by atoms with Crippen LogP contribution in [-0.2, 0) is 0 Å². The number of rotatable bonds is 3. The predicted octanol–water partition coefficient (Wildman–Crippen LogP) is 6.24. The zero-order chi connectivity index (χ0) is 21.6. The smallest absolute Gasteiger partial charge is 0.354 e. The van der Waals surface area contributed by atoms with E-state index in [1.165, 1.54) is 4.90 Å². The van der Waals surface area contributed by atoms with Gasteiger partial charge in [-0.1, -0.05) is 37.1 Å². The van der Waals surface area contributed by atoms with Crippen LogP contribution in [0.2, 0.25) is 0 Å². The lowest BCUT2D eigenvalue weighted by Crippen LogP contribution is -2.43. The Kier molecular flexibility index (Phi) is 5.13. The number of allylic oxidation sites excluding steroid dienone is 2. The van der Waals surface area contributed by atoms with Crippen LogP contribution in [0.1, 0.15) is 55.5 Å². The van der Waals surface area contributed by atoms with E-state index in [2.05, 4.69) is 6.07 Å². The standard InChI is InChI=1S/C23H23F4N3/c1-14-10-11-17-18(13-28)21(30(22(17)20(14)24)16-7-3-4-8-16)19-9-5-6-12-29(19)15(2)23(25,26)27/h5-6,9-11,15-16H,3-4,7-8,12H2,1-2H3/t15-/m0/s1. The van der Waals surface area contributed by atoms with Gasteiger partial charge in [0.05, 0.1) is 22.5 Å². The molecule has 0 amide bonds. The fraction of sp³-hybridized carbons (Fsp3) is 0.435. The van der Waals surface area contributed by atoms with Crippen LogP contribution in [0.25, 0.3) is 16.6 Å². The summed E-state index contributed by atoms with van der Waals surface area (Å²) in [5.41, 5.74) is 1.72. The zero-order valence-electron chi connectivity index (χ0n) is 16.9. The topological polar surface area (TPSA) is 32.0 Å². The Morgan fingerprint density at radius 1 is 1.20 bits per heavy atom. The summed E-state index contributed by atoms with van der Waals surface area (Å²) in [4.78, 5) is 1.26. The Hall–Kier alpha value is -2.75. The van der Waals surface area contributed by atoms with Crippen molar-refractivity contribution in [3.63, 3.8) is 0 Å². The zero-order valence-corrected chi connectivity index (χ0v) is 16.9. The third-order valence-corrected chi connectivity index (χ3v) is 6.28. The number of benzene rings is 1. The monoisotopic (exact) mass is 417 g/mol. The molecule has 2 aliphatic rings. The Morgan fingerprint density at radius 2 is 1.90 bits per heavy atom. The first-order valence-electron chi connectivity index (χ1n) is 10.2. The Balaban J connectivity index is 2.03. The van der Waals surface area contributed by atoms with Gasteiger partial charge >= 0.3 is 6.18 Å². The number of fused-ring (bicyclic) bond motifs is 1. The number of hydrogen-bond acceptors (Lipinski definition) is 2. The lowest BCUT2D eigenvalue weighted by Gasteiger charge is -2.36. The normalized spacial score (nSPS) is 18.7. The van der Waals surface area contributed by atoms with Gasteiger partial charge in [0.1, 0.15) is 17.9 Å². The van der Waals surface area contributed by atoms with Crippen molar-refractivity contribution in [2.24, 2.45) is 0 Å². The van der Waals surface area contributed by atoms with E-state index in [4.69, 9.17) is 0 Å². The molecular formula is C23H23F4N3. The van der Waals surface area contributed by atoms with Gasteiger partial charge in [0.15, 0.2) is 0 Å². The van der Waals surface area contributed by atoms with Crippen molar-refractivity contribution in [1.82, 2.24) is 9.47 Å². The summed E-state index contributed by atoms with van der Waals surface area (Å²) in [6, 6.07) is 3.71. The molecule has 0 N–H and O–H groups in total. The number of alkyl halides is 3. The summed E-state index contributed by atoms with van der Waals surface area (Å²) in [5.74, 6) is -0.412. The fourth-order valence-corrected chi connectivity index (χ4v) is 4.64. The van der Waals surface area contributed by atoms with Crippen LogP contribution in [0.3, 0.4) is 0 Å². The highest BCUT2D eigenvalue weighted by Crippen LogP contribution is 2.43. The van der Waals surface area contributed by atoms with Crippen LogP contribution in [0.5, 0.6) is 0 Å². The van der Waals surface area contributed by atoms with E-state index in [0.717, 1.165) is 32.6 Å². The van der Waals surface area contributed by atoms with E-state index in [-0.39, 0.29) is 18.2 Å². The highest BCUT2D eigenvalue weighted by atomic mass is 19.4. The molecular weight excluding hydrogens is 394 g/mol. The van der Waals surface area contributed by atoms with Crippen molar-refractivity contribution in [2.75, 3.05) is 6.54 Å². The summed E-state index contributed by atoms with van der Waals surface area (Å²) >= 11 is 0. The van der Waals surface area contributed by atoms with E-state index >= 15 is 4.39 Å². The second-order valence-electron chi connectivity index (χ2n) is 8.09. The molecule has 1 aromatic heterocycles. The van der Waals surface area contributed by atoms with E-state index < -0.39 is 18.0 Å². The number of hydrogen-bond donors (Lipinski definition) is 0. The van der Waals surface area contributed by atoms with Gasteiger partial charge in [-0.15, -0.1) is 0 Å². The first kappa shape index (κ1) is 20.5. The minimum Gasteiger partial charge on any atom is -0.354 e. The quantitative estimate of drug-likeness (QED) is 0.554. The van der Waals surface area contributed by atoms with Crippen LogP contribution in [0.4, 0.5) is 17.6 Å². The Bertz CT molecular complexity index is 1080. The molecule has 0 bridgehead atoms. The second kappa shape index (κ2) is 7.50. The first-order chi connectivity index (χ1) is 14.3. The summed E-state index contributed by atoms with van der Waals surface area (Å²) in [7, 11) is 0. The lowest BCUT2D eigenvalue weighted by molar-refractivity contribution is -0.169. The van der Waals surface area contributed by atoms with Crippen molar-refractivity contribution in [1.29, 1.82) is 5.26 Å². The van der Waals surface area contributed by atoms with Crippen molar-refractivity contribution in [3.05, 3.63) is 53.0 Å². The summed E-state index contributed by atoms with van der Waals surface area (Å²) < 4.78 is 57.9. The molecule has 2 aromatic rings. The minimum absolute atomic E-state index is 0.0456. The lowest BCUT2D eigenvalue weighted by atomic mass is 10.0. The minimum atomic E-state index is -4.43. The Morgan fingerprint density at radius 3 is 2.53 bits per heavy atom. The molecule has 0 radical (unpaired) electrons. The highest BCUT2D eigenvalue weighted by molar-refractivity contribution is 5.94. The van der Waals surface area contributed by atoms with Crippen molar-refractivity contribution >= 4 is 16.6 Å². The SMILES string of the molecule is Cc1ccc2c(C#N)c(C3=CC=CCN3[C@@H](C)C(F)(F)F)n(C3CCCC3)c2c1F. The molecule has 1 aromatic carbocycles. The van der Waals surface area contributed by atoms with Crippen LogP contribution >= 0.6 is 0 Å². The van der Waals surface area contributed by atoms with E-state index in [9.17, 15) is 18.4 Å². The van der Waals surface area contributed by atoms with E-state index in [1.54, 1.807) is 37.3 Å². The van der Waals surface area contributed by atoms with Gasteiger partial charge in [0.25, 0.3) is 0 Å². The molecule has 7 heteroatoms. The van der Waals surface area contributed by atoms with Gasteiger partial charge < -0.3 is 9.47 Å². The van der Waals surface area contributed by atoms with Crippen LogP contribution in [-0.4, -0.2) is 28.2 Å². The first-order valence-corrected chi connectivity index (χ1v) is 10.2. The molecule has 158 valence electrons. The van der Waals surface area contributed by atoms with Gasteiger partial charge in [-0.05, 0) is 38.3 Å². The molecule has 1 atom stereocenters. The molecule has 30 heavy (non-hydrogen) atoms. The van der Waals surface area contributed by atoms with Crippen LogP contribution in [0.15, 0.2) is 30.4 Å². The third-order valence-electron chi connectivity index (χ3n) is 6.28. The third kappa shape index (κ3) is 3.19. The molecule has 3 nitrogen and oxygen atoms in total. The molecule has 1 fully saturated rings. The van der Waals surface area contributed by atoms with Crippen molar-refractivity contribution in [2.45, 2.75) is 57.8 Å². The molecule has 0 unspecified atom stereocenters. The molecule has 1 saturated carbocycles. The van der Waals surface area contributed by atoms with Gasteiger partial charge in [0, 0.05) is 18.0 Å². The summed E-state index contributed by atoms with van der Waals surface area (Å²) in [6.45, 7) is 2.85. The highest BCUT2D eigenvalue weighted by Gasteiger charge is 2.42. The molecule has 0 spiro atoms. The fourth-order valence-electron chi connectivity index (χ4n) is 4.64. The maximum absolute atomic E-state index is 15.3. The van der Waals surface area contributed by atoms with Gasteiger partial charge in [-0.3, -0.25) is 0 Å². The predicted molar refractivity (Wildman–Crippen MR) is 108 cm³/mol. The second-order valence-corrected chi connectivity index (χ2v) is 8.09. The van der Waals surface area contributed by atoms with Gasteiger partial charge in [0.2, 0.25) is 0 Å². The van der Waals surface area contributed by atoms with Crippen molar-refractivity contribution in [3.8, 4) is 6.07 Å². The van der Waals surface area contributed by atoms with Crippen LogP contribution < -0.4 is 0 Å². The number of aryl methyl sites for hydroxylation is 1. The average molecular weight is 417 g/mol. The van der Waals surface area contributed by atoms with Gasteiger partial charge in [-0.25, -0.2) is 4.39 Å². The van der Waals surface area contributed by atoms with Crippen LogP contribution in [0, 0.1) is 24.1 Å². The maximum Gasteiger partial charge on any atom is 0.408 e. The van der Waals surface area contributed by atoms with E-state index in [1.807, 2.05) is 4.57 Å². The summed E-state index contributed by atoms with van der Waals surface area (Å²) in [6.07, 6.45) is 4.11. The molecule has 1 aliphatic heterocycles.